The van der Waals surface area contributed by atoms with Gasteiger partial charge >= 0.3 is 0 Å². The van der Waals surface area contributed by atoms with E-state index in [1.165, 1.54) is 12.4 Å². The monoisotopic (exact) mass is 318 g/mol. The Bertz CT molecular complexity index is 551. The standard InChI is InChI=1S/C12H22N4O4S/c1-13-4-5-16-8-11(7-14-16)21(17,18)15-9-12(19-2)3-6-20-10-12/h7-8,13,15H,3-6,9-10H2,1-2H3. The molecular formula is C12H22N4O4S. The maximum atomic E-state index is 12.3. The van der Waals surface area contributed by atoms with Gasteiger partial charge in [-0.3, -0.25) is 4.68 Å². The topological polar surface area (TPSA) is 94.5 Å². The average molecular weight is 318 g/mol. The molecule has 21 heavy (non-hydrogen) atoms. The molecule has 0 aromatic carbocycles. The Kier molecular flexibility index (Phi) is 5.33. The van der Waals surface area contributed by atoms with E-state index in [9.17, 15) is 8.42 Å². The fourth-order valence-corrected chi connectivity index (χ4v) is 3.17. The molecule has 1 aliphatic rings. The molecule has 1 aromatic heterocycles. The third-order valence-electron chi connectivity index (χ3n) is 3.60. The maximum Gasteiger partial charge on any atom is 0.243 e. The zero-order valence-electron chi connectivity index (χ0n) is 12.3. The SMILES string of the molecule is CNCCn1cc(S(=O)(=O)NCC2(OC)CCOC2)cn1. The van der Waals surface area contributed by atoms with Crippen LogP contribution in [0.5, 0.6) is 0 Å². The predicted molar refractivity (Wildman–Crippen MR) is 76.5 cm³/mol. The van der Waals surface area contributed by atoms with Crippen LogP contribution < -0.4 is 10.0 Å². The number of methoxy groups -OCH3 is 1. The largest absolute Gasteiger partial charge is 0.378 e. The molecule has 0 aliphatic carbocycles. The van der Waals surface area contributed by atoms with Crippen molar-refractivity contribution in [2.75, 3.05) is 40.5 Å². The third kappa shape index (κ3) is 4.01. The average Bonchev–Trinajstić information content (AvgIpc) is 3.13. The molecular weight excluding hydrogens is 296 g/mol. The number of rotatable bonds is 8. The molecule has 0 bridgehead atoms. The van der Waals surface area contributed by atoms with Crippen LogP contribution in [-0.2, 0) is 26.0 Å². The molecule has 0 amide bonds. The number of likely N-dealkylation sites (N-methyl/N-ethyl adjacent to an activating group) is 1. The van der Waals surface area contributed by atoms with Crippen LogP contribution in [0.4, 0.5) is 0 Å². The van der Waals surface area contributed by atoms with E-state index < -0.39 is 15.6 Å². The van der Waals surface area contributed by atoms with Gasteiger partial charge in [0, 0.05) is 39.4 Å². The highest BCUT2D eigenvalue weighted by molar-refractivity contribution is 7.89. The molecule has 1 aliphatic heterocycles. The zero-order chi connectivity index (χ0) is 15.3. The maximum absolute atomic E-state index is 12.3. The van der Waals surface area contributed by atoms with E-state index in [4.69, 9.17) is 9.47 Å². The van der Waals surface area contributed by atoms with Crippen LogP contribution in [0.3, 0.4) is 0 Å². The van der Waals surface area contributed by atoms with Crippen LogP contribution in [-0.4, -0.2) is 64.3 Å². The van der Waals surface area contributed by atoms with Gasteiger partial charge in [-0.25, -0.2) is 13.1 Å². The molecule has 1 saturated heterocycles. The van der Waals surface area contributed by atoms with Crippen molar-refractivity contribution in [3.8, 4) is 0 Å². The zero-order valence-corrected chi connectivity index (χ0v) is 13.1. The first-order valence-corrected chi connectivity index (χ1v) is 8.29. The van der Waals surface area contributed by atoms with Crippen molar-refractivity contribution < 1.29 is 17.9 Å². The van der Waals surface area contributed by atoms with Gasteiger partial charge in [0.05, 0.1) is 19.3 Å². The summed E-state index contributed by atoms with van der Waals surface area (Å²) in [4.78, 5) is 0.156. The number of sulfonamides is 1. The van der Waals surface area contributed by atoms with E-state index >= 15 is 0 Å². The number of nitrogens with zero attached hydrogens (tertiary/aromatic N) is 2. The van der Waals surface area contributed by atoms with Crippen LogP contribution in [0.15, 0.2) is 17.3 Å². The summed E-state index contributed by atoms with van der Waals surface area (Å²) in [5.74, 6) is 0. The Morgan fingerprint density at radius 2 is 2.38 bits per heavy atom. The molecule has 9 heteroatoms. The van der Waals surface area contributed by atoms with Gasteiger partial charge in [0.1, 0.15) is 10.5 Å². The van der Waals surface area contributed by atoms with Gasteiger partial charge in [0.25, 0.3) is 0 Å². The normalized spacial score (nSPS) is 22.8. The van der Waals surface area contributed by atoms with Crippen LogP contribution in [0.1, 0.15) is 6.42 Å². The van der Waals surface area contributed by atoms with Crippen LogP contribution in [0, 0.1) is 0 Å². The van der Waals surface area contributed by atoms with E-state index in [-0.39, 0.29) is 11.4 Å². The van der Waals surface area contributed by atoms with Gasteiger partial charge < -0.3 is 14.8 Å². The molecule has 1 aromatic rings. The third-order valence-corrected chi connectivity index (χ3v) is 4.95. The first kappa shape index (κ1) is 16.4. The molecule has 1 fully saturated rings. The summed E-state index contributed by atoms with van der Waals surface area (Å²) in [5, 5.41) is 7.02. The van der Waals surface area contributed by atoms with Crippen molar-refractivity contribution >= 4 is 10.0 Å². The van der Waals surface area contributed by atoms with Gasteiger partial charge in [0.2, 0.25) is 10.0 Å². The van der Waals surface area contributed by atoms with Gasteiger partial charge in [-0.2, -0.15) is 5.10 Å². The summed E-state index contributed by atoms with van der Waals surface area (Å²) in [6.07, 6.45) is 3.54. The highest BCUT2D eigenvalue weighted by atomic mass is 32.2. The molecule has 0 radical (unpaired) electrons. The number of ether oxygens (including phenoxy) is 2. The van der Waals surface area contributed by atoms with Gasteiger partial charge in [-0.05, 0) is 7.05 Å². The molecule has 2 heterocycles. The molecule has 1 atom stereocenters. The Balaban J connectivity index is 1.99. The lowest BCUT2D eigenvalue weighted by molar-refractivity contribution is -0.0120. The van der Waals surface area contributed by atoms with Gasteiger partial charge in [-0.15, -0.1) is 0 Å². The minimum Gasteiger partial charge on any atom is -0.378 e. The number of hydrogen-bond acceptors (Lipinski definition) is 6. The second-order valence-corrected chi connectivity index (χ2v) is 6.82. The molecule has 0 saturated carbocycles. The van der Waals surface area contributed by atoms with Crippen LogP contribution >= 0.6 is 0 Å². The Morgan fingerprint density at radius 3 is 3.00 bits per heavy atom. The van der Waals surface area contributed by atoms with E-state index in [1.54, 1.807) is 11.8 Å². The summed E-state index contributed by atoms with van der Waals surface area (Å²) in [7, 11) is -0.191. The highest BCUT2D eigenvalue weighted by Crippen LogP contribution is 2.22. The summed E-state index contributed by atoms with van der Waals surface area (Å²) in [6.45, 7) is 2.50. The smallest absolute Gasteiger partial charge is 0.243 e. The number of aromatic nitrogens is 2. The second-order valence-electron chi connectivity index (χ2n) is 5.06. The van der Waals surface area contributed by atoms with Crippen LogP contribution in [0.25, 0.3) is 0 Å². The van der Waals surface area contributed by atoms with E-state index in [0.717, 1.165) is 6.54 Å². The van der Waals surface area contributed by atoms with Crippen molar-refractivity contribution in [2.45, 2.75) is 23.5 Å². The van der Waals surface area contributed by atoms with Crippen molar-refractivity contribution in [1.82, 2.24) is 19.8 Å². The Hall–Kier alpha value is -1.00. The van der Waals surface area contributed by atoms with Gasteiger partial charge in [0.15, 0.2) is 0 Å². The summed E-state index contributed by atoms with van der Waals surface area (Å²) >= 11 is 0. The van der Waals surface area contributed by atoms with Crippen LogP contribution in [0.2, 0.25) is 0 Å². The first-order valence-electron chi connectivity index (χ1n) is 6.81. The second kappa shape index (κ2) is 6.84. The summed E-state index contributed by atoms with van der Waals surface area (Å²) in [5.41, 5.74) is -0.574. The first-order chi connectivity index (χ1) is 10.0. The molecule has 1 unspecified atom stereocenters. The van der Waals surface area contributed by atoms with E-state index in [1.807, 2.05) is 7.05 Å². The van der Waals surface area contributed by atoms with E-state index in [2.05, 4.69) is 15.1 Å². The van der Waals surface area contributed by atoms with Gasteiger partial charge in [-0.1, -0.05) is 0 Å². The minimum atomic E-state index is -3.59. The fourth-order valence-electron chi connectivity index (χ4n) is 2.10. The van der Waals surface area contributed by atoms with Crippen molar-refractivity contribution in [3.63, 3.8) is 0 Å². The molecule has 2 N–H and O–H groups in total. The number of hydrogen-bond donors (Lipinski definition) is 2. The summed E-state index contributed by atoms with van der Waals surface area (Å²) in [6, 6.07) is 0. The lowest BCUT2D eigenvalue weighted by atomic mass is 10.0. The summed E-state index contributed by atoms with van der Waals surface area (Å²) < 4.78 is 39.4. The van der Waals surface area contributed by atoms with Crippen molar-refractivity contribution in [2.24, 2.45) is 0 Å². The Morgan fingerprint density at radius 1 is 1.57 bits per heavy atom. The lowest BCUT2D eigenvalue weighted by Gasteiger charge is -2.25. The highest BCUT2D eigenvalue weighted by Gasteiger charge is 2.36. The fraction of sp³-hybridized carbons (Fsp3) is 0.750. The molecule has 0 spiro atoms. The predicted octanol–water partition coefficient (Wildman–Crippen LogP) is -0.814. The lowest BCUT2D eigenvalue weighted by Crippen LogP contribution is -2.44. The van der Waals surface area contributed by atoms with E-state index in [0.29, 0.717) is 26.2 Å². The molecule has 8 nitrogen and oxygen atoms in total. The Labute approximate surface area is 124 Å². The molecule has 120 valence electrons. The van der Waals surface area contributed by atoms with Crippen molar-refractivity contribution in [1.29, 1.82) is 0 Å². The molecule has 2 rings (SSSR count). The van der Waals surface area contributed by atoms with Crippen molar-refractivity contribution in [3.05, 3.63) is 12.4 Å². The minimum absolute atomic E-state index is 0.156. The number of nitrogens with one attached hydrogen (secondary N) is 2. The quantitative estimate of drug-likeness (QED) is 0.651.